The molecule has 4 aliphatic rings. The Hall–Kier alpha value is -0.340. The fourth-order valence-corrected chi connectivity index (χ4v) is 6.54. The van der Waals surface area contributed by atoms with Gasteiger partial charge in [-0.3, -0.25) is 0 Å². The molecule has 0 aromatic heterocycles. The average Bonchev–Trinajstić information content (AvgIpc) is 2.74. The molecule has 2 nitrogen and oxygen atoms in total. The zero-order valence-electron chi connectivity index (χ0n) is 13.5. The van der Waals surface area contributed by atoms with Crippen molar-refractivity contribution in [3.63, 3.8) is 0 Å². The Morgan fingerprint density at radius 1 is 1.10 bits per heavy atom. The second-order valence-corrected chi connectivity index (χ2v) is 8.64. The van der Waals surface area contributed by atoms with E-state index in [0.717, 1.165) is 25.2 Å². The first kappa shape index (κ1) is 14.3. The molecule has 0 bridgehead atoms. The molecule has 118 valence electrons. The van der Waals surface area contributed by atoms with E-state index in [1.807, 2.05) is 0 Å². The van der Waals surface area contributed by atoms with Gasteiger partial charge in [0.25, 0.3) is 0 Å². The summed E-state index contributed by atoms with van der Waals surface area (Å²) in [5, 5.41) is 20.8. The summed E-state index contributed by atoms with van der Waals surface area (Å²) in [5.41, 5.74) is 1.83. The number of aliphatic hydroxyl groups is 2. The van der Waals surface area contributed by atoms with E-state index in [-0.39, 0.29) is 12.2 Å². The molecular formula is C19H30O2. The zero-order chi connectivity index (χ0) is 14.8. The minimum absolute atomic E-state index is 0.170. The summed E-state index contributed by atoms with van der Waals surface area (Å²) in [6.07, 6.45) is 9.91. The Balaban J connectivity index is 1.67. The van der Waals surface area contributed by atoms with Crippen LogP contribution >= 0.6 is 0 Å². The van der Waals surface area contributed by atoms with Crippen molar-refractivity contribution in [1.82, 2.24) is 0 Å². The Kier molecular flexibility index (Phi) is 3.28. The summed E-state index contributed by atoms with van der Waals surface area (Å²) in [5.74, 6) is 3.34. The minimum atomic E-state index is -0.263. The third-order valence-corrected chi connectivity index (χ3v) is 7.91. The van der Waals surface area contributed by atoms with E-state index >= 15 is 0 Å². The monoisotopic (exact) mass is 290 g/mol. The van der Waals surface area contributed by atoms with E-state index in [0.29, 0.717) is 29.1 Å². The molecular weight excluding hydrogens is 260 g/mol. The van der Waals surface area contributed by atoms with Gasteiger partial charge in [-0.05, 0) is 80.0 Å². The molecule has 2 N–H and O–H groups in total. The quantitative estimate of drug-likeness (QED) is 0.670. The molecule has 0 amide bonds. The van der Waals surface area contributed by atoms with Gasteiger partial charge in [-0.2, -0.15) is 0 Å². The molecule has 21 heavy (non-hydrogen) atoms. The van der Waals surface area contributed by atoms with Gasteiger partial charge in [-0.15, -0.1) is 0 Å². The van der Waals surface area contributed by atoms with Gasteiger partial charge in [0.1, 0.15) is 0 Å². The highest BCUT2D eigenvalue weighted by Crippen LogP contribution is 2.63. The van der Waals surface area contributed by atoms with Crippen molar-refractivity contribution in [3.05, 3.63) is 11.6 Å². The van der Waals surface area contributed by atoms with Gasteiger partial charge in [0.05, 0.1) is 12.2 Å². The van der Waals surface area contributed by atoms with Crippen LogP contribution in [0.5, 0.6) is 0 Å². The van der Waals surface area contributed by atoms with Crippen molar-refractivity contribution in [3.8, 4) is 0 Å². The van der Waals surface area contributed by atoms with E-state index in [4.69, 9.17) is 0 Å². The molecule has 0 spiro atoms. The number of rotatable bonds is 0. The van der Waals surface area contributed by atoms with Gasteiger partial charge in [-0.1, -0.05) is 25.5 Å². The molecule has 0 saturated heterocycles. The molecule has 2 heteroatoms. The maximum Gasteiger partial charge on any atom is 0.0757 e. The van der Waals surface area contributed by atoms with Gasteiger partial charge in [0.15, 0.2) is 0 Å². The molecule has 4 unspecified atom stereocenters. The second kappa shape index (κ2) is 4.83. The highest BCUT2D eigenvalue weighted by molar-refractivity contribution is 5.22. The molecule has 0 aromatic carbocycles. The van der Waals surface area contributed by atoms with Crippen LogP contribution in [0.2, 0.25) is 0 Å². The van der Waals surface area contributed by atoms with Gasteiger partial charge in [-0.25, -0.2) is 0 Å². The summed E-state index contributed by atoms with van der Waals surface area (Å²) >= 11 is 0. The van der Waals surface area contributed by atoms with Crippen LogP contribution in [0.4, 0.5) is 0 Å². The maximum absolute atomic E-state index is 10.8. The third kappa shape index (κ3) is 1.98. The smallest absolute Gasteiger partial charge is 0.0757 e. The Morgan fingerprint density at radius 3 is 2.71 bits per heavy atom. The van der Waals surface area contributed by atoms with Crippen molar-refractivity contribution >= 4 is 0 Å². The maximum atomic E-state index is 10.8. The first-order valence-corrected chi connectivity index (χ1v) is 9.07. The number of hydrogen-bond donors (Lipinski definition) is 2. The number of aliphatic hydroxyl groups excluding tert-OH is 2. The summed E-state index contributed by atoms with van der Waals surface area (Å²) < 4.78 is 0. The average molecular weight is 290 g/mol. The van der Waals surface area contributed by atoms with E-state index in [1.54, 1.807) is 0 Å². The fourth-order valence-electron chi connectivity index (χ4n) is 6.54. The topological polar surface area (TPSA) is 40.5 Å². The standard InChI is InChI=1S/C19H30O2/c1-11-3-6-16-18-15(7-8-19(11,16)2)14-5-4-13(20)9-12(14)10-17(18)21/h10-11,13-18,20-21H,3-9H2,1-2H3/t11-,13+,14-,15?,16?,17?,18?,19+/m0/s1. The second-order valence-electron chi connectivity index (χ2n) is 8.64. The molecule has 4 aliphatic carbocycles. The molecule has 8 atom stereocenters. The lowest BCUT2D eigenvalue weighted by Crippen LogP contribution is -2.50. The molecule has 3 saturated carbocycles. The van der Waals surface area contributed by atoms with Crippen LogP contribution in [0.25, 0.3) is 0 Å². The molecule has 3 fully saturated rings. The number of fused-ring (bicyclic) bond motifs is 5. The predicted molar refractivity (Wildman–Crippen MR) is 83.6 cm³/mol. The third-order valence-electron chi connectivity index (χ3n) is 7.91. The lowest BCUT2D eigenvalue weighted by atomic mass is 9.51. The van der Waals surface area contributed by atoms with Gasteiger partial charge in [0.2, 0.25) is 0 Å². The van der Waals surface area contributed by atoms with Crippen LogP contribution in [0.15, 0.2) is 11.6 Å². The van der Waals surface area contributed by atoms with Crippen molar-refractivity contribution in [1.29, 1.82) is 0 Å². The molecule has 0 radical (unpaired) electrons. The molecule has 0 aliphatic heterocycles. The first-order valence-electron chi connectivity index (χ1n) is 9.07. The predicted octanol–water partition coefficient (Wildman–Crippen LogP) is 3.53. The summed E-state index contributed by atoms with van der Waals surface area (Å²) in [4.78, 5) is 0. The normalized spacial score (nSPS) is 56.2. The van der Waals surface area contributed by atoms with Crippen molar-refractivity contribution in [2.24, 2.45) is 35.0 Å². The van der Waals surface area contributed by atoms with Crippen molar-refractivity contribution < 1.29 is 10.2 Å². The Labute approximate surface area is 128 Å². The molecule has 4 rings (SSSR count). The molecule has 0 aromatic rings. The van der Waals surface area contributed by atoms with Gasteiger partial charge in [0, 0.05) is 0 Å². The molecule has 0 heterocycles. The van der Waals surface area contributed by atoms with Crippen LogP contribution in [-0.4, -0.2) is 22.4 Å². The van der Waals surface area contributed by atoms with E-state index in [9.17, 15) is 10.2 Å². The van der Waals surface area contributed by atoms with E-state index < -0.39 is 0 Å². The fraction of sp³-hybridized carbons (Fsp3) is 0.895. The van der Waals surface area contributed by atoms with Crippen LogP contribution < -0.4 is 0 Å². The first-order chi connectivity index (χ1) is 10.0. The summed E-state index contributed by atoms with van der Waals surface area (Å²) in [6, 6.07) is 0. The Bertz CT molecular complexity index is 456. The van der Waals surface area contributed by atoms with E-state index in [2.05, 4.69) is 19.9 Å². The Morgan fingerprint density at radius 2 is 1.90 bits per heavy atom. The van der Waals surface area contributed by atoms with Crippen LogP contribution in [-0.2, 0) is 0 Å². The van der Waals surface area contributed by atoms with E-state index in [1.165, 1.54) is 31.3 Å². The SMILES string of the molecule is C[C@H]1CCC2C3C(O)C=C4C[C@H](O)CC[C@@H]4C3CC[C@@]21C. The summed E-state index contributed by atoms with van der Waals surface area (Å²) in [6.45, 7) is 4.91. The van der Waals surface area contributed by atoms with Crippen LogP contribution in [0.1, 0.15) is 58.8 Å². The van der Waals surface area contributed by atoms with Crippen molar-refractivity contribution in [2.45, 2.75) is 71.0 Å². The number of hydrogen-bond acceptors (Lipinski definition) is 2. The van der Waals surface area contributed by atoms with Gasteiger partial charge >= 0.3 is 0 Å². The van der Waals surface area contributed by atoms with Crippen LogP contribution in [0.3, 0.4) is 0 Å². The zero-order valence-corrected chi connectivity index (χ0v) is 13.5. The van der Waals surface area contributed by atoms with Crippen molar-refractivity contribution in [2.75, 3.05) is 0 Å². The lowest BCUT2D eigenvalue weighted by Gasteiger charge is -2.54. The largest absolute Gasteiger partial charge is 0.393 e. The summed E-state index contributed by atoms with van der Waals surface area (Å²) in [7, 11) is 0. The highest BCUT2D eigenvalue weighted by atomic mass is 16.3. The van der Waals surface area contributed by atoms with Crippen LogP contribution in [0, 0.1) is 35.0 Å². The van der Waals surface area contributed by atoms with Gasteiger partial charge < -0.3 is 10.2 Å². The lowest BCUT2D eigenvalue weighted by molar-refractivity contribution is -0.0647. The minimum Gasteiger partial charge on any atom is -0.393 e. The highest BCUT2D eigenvalue weighted by Gasteiger charge is 2.56.